The largest absolute Gasteiger partial charge is 0.484 e. The number of benzene rings is 1. The van der Waals surface area contributed by atoms with Gasteiger partial charge < -0.3 is 14.6 Å². The normalized spacial score (nSPS) is 16.1. The lowest BCUT2D eigenvalue weighted by Crippen LogP contribution is -2.47. The minimum atomic E-state index is -3.65. The summed E-state index contributed by atoms with van der Waals surface area (Å²) < 4.78 is 37.4. The van der Waals surface area contributed by atoms with Crippen molar-refractivity contribution >= 4 is 27.5 Å². The number of aromatic nitrogens is 1. The number of sulfonamides is 1. The van der Waals surface area contributed by atoms with Gasteiger partial charge in [-0.3, -0.25) is 4.79 Å². The molecule has 1 saturated heterocycles. The molecule has 1 aromatic heterocycles. The van der Waals surface area contributed by atoms with E-state index in [1.165, 1.54) is 4.31 Å². The Morgan fingerprint density at radius 3 is 2.50 bits per heavy atom. The van der Waals surface area contributed by atoms with Gasteiger partial charge in [-0.1, -0.05) is 16.8 Å². The van der Waals surface area contributed by atoms with E-state index in [0.29, 0.717) is 42.4 Å². The average Bonchev–Trinajstić information content (AvgIpc) is 3.01. The predicted octanol–water partition coefficient (Wildman–Crippen LogP) is 2.29. The third-order valence-corrected chi connectivity index (χ3v) is 6.96. The molecule has 8 nitrogen and oxygen atoms in total. The molecule has 1 aliphatic rings. The van der Waals surface area contributed by atoms with E-state index in [1.807, 2.05) is 0 Å². The first-order valence-corrected chi connectivity index (χ1v) is 10.7. The number of rotatable bonds is 6. The third kappa shape index (κ3) is 4.65. The highest BCUT2D eigenvalue weighted by Gasteiger charge is 2.34. The Bertz CT molecular complexity index is 915. The van der Waals surface area contributed by atoms with Gasteiger partial charge in [-0.2, -0.15) is 4.31 Å². The first kappa shape index (κ1) is 20.6. The Balaban J connectivity index is 1.50. The van der Waals surface area contributed by atoms with Gasteiger partial charge in [0, 0.05) is 24.2 Å². The van der Waals surface area contributed by atoms with Crippen LogP contribution < -0.4 is 10.1 Å². The van der Waals surface area contributed by atoms with Gasteiger partial charge in [-0.05, 0) is 51.0 Å². The standard InChI is InChI=1S/C18H22ClN3O5S/c1-12-18(13(2)27-21-12)28(24,25)22-9-7-15(8-10-22)20-17(23)11-26-16-5-3-14(19)4-6-16/h3-6,15H,7-11H2,1-2H3,(H,20,23). The molecule has 3 rings (SSSR count). The number of nitrogens with one attached hydrogen (secondary N) is 1. The van der Waals surface area contributed by atoms with E-state index in [4.69, 9.17) is 20.9 Å². The summed E-state index contributed by atoms with van der Waals surface area (Å²) in [6, 6.07) is 6.65. The van der Waals surface area contributed by atoms with E-state index >= 15 is 0 Å². The molecule has 0 spiro atoms. The maximum absolute atomic E-state index is 12.8. The quantitative estimate of drug-likeness (QED) is 0.758. The van der Waals surface area contributed by atoms with E-state index in [9.17, 15) is 13.2 Å². The molecule has 1 N–H and O–H groups in total. The number of aryl methyl sites for hydroxylation is 2. The second kappa shape index (κ2) is 8.50. The van der Waals surface area contributed by atoms with Crippen LogP contribution in [-0.4, -0.2) is 49.5 Å². The van der Waals surface area contributed by atoms with Gasteiger partial charge in [-0.15, -0.1) is 0 Å². The van der Waals surface area contributed by atoms with E-state index in [0.717, 1.165) is 0 Å². The molecule has 152 valence electrons. The molecule has 0 atom stereocenters. The number of nitrogens with zero attached hydrogens (tertiary/aromatic N) is 2. The number of halogens is 1. The molecule has 0 unspecified atom stereocenters. The van der Waals surface area contributed by atoms with Crippen molar-refractivity contribution in [3.05, 3.63) is 40.7 Å². The lowest BCUT2D eigenvalue weighted by Gasteiger charge is -2.31. The Morgan fingerprint density at radius 1 is 1.29 bits per heavy atom. The van der Waals surface area contributed by atoms with Crippen molar-refractivity contribution in [2.45, 2.75) is 37.6 Å². The molecule has 0 bridgehead atoms. The van der Waals surface area contributed by atoms with E-state index in [2.05, 4.69) is 10.5 Å². The van der Waals surface area contributed by atoms with Gasteiger partial charge in [0.15, 0.2) is 12.4 Å². The van der Waals surface area contributed by atoms with Crippen LogP contribution in [0.15, 0.2) is 33.7 Å². The SMILES string of the molecule is Cc1noc(C)c1S(=O)(=O)N1CCC(NC(=O)COc2ccc(Cl)cc2)CC1. The van der Waals surface area contributed by atoms with Crippen LogP contribution in [0.25, 0.3) is 0 Å². The summed E-state index contributed by atoms with van der Waals surface area (Å²) >= 11 is 5.81. The van der Waals surface area contributed by atoms with Crippen LogP contribution in [0.3, 0.4) is 0 Å². The van der Waals surface area contributed by atoms with Crippen molar-refractivity contribution in [3.63, 3.8) is 0 Å². The van der Waals surface area contributed by atoms with Crippen molar-refractivity contribution in [3.8, 4) is 5.75 Å². The fraction of sp³-hybridized carbons (Fsp3) is 0.444. The summed E-state index contributed by atoms with van der Waals surface area (Å²) in [7, 11) is -3.65. The van der Waals surface area contributed by atoms with Crippen LogP contribution in [0.1, 0.15) is 24.3 Å². The van der Waals surface area contributed by atoms with Crippen molar-refractivity contribution in [1.82, 2.24) is 14.8 Å². The van der Waals surface area contributed by atoms with Gasteiger partial charge in [-0.25, -0.2) is 8.42 Å². The Hall–Kier alpha value is -2.10. The summed E-state index contributed by atoms with van der Waals surface area (Å²) in [6.45, 7) is 3.71. The molecule has 28 heavy (non-hydrogen) atoms. The van der Waals surface area contributed by atoms with Crippen LogP contribution in [-0.2, 0) is 14.8 Å². The van der Waals surface area contributed by atoms with Crippen molar-refractivity contribution in [2.24, 2.45) is 0 Å². The third-order valence-electron chi connectivity index (χ3n) is 4.57. The van der Waals surface area contributed by atoms with Crippen molar-refractivity contribution in [2.75, 3.05) is 19.7 Å². The maximum Gasteiger partial charge on any atom is 0.258 e. The number of piperidine rings is 1. The number of hydrogen-bond donors (Lipinski definition) is 1. The van der Waals surface area contributed by atoms with Crippen molar-refractivity contribution < 1.29 is 22.5 Å². The highest BCUT2D eigenvalue weighted by Crippen LogP contribution is 2.26. The van der Waals surface area contributed by atoms with E-state index < -0.39 is 10.0 Å². The number of hydrogen-bond acceptors (Lipinski definition) is 6. The van der Waals surface area contributed by atoms with Gasteiger partial charge in [0.25, 0.3) is 5.91 Å². The fourth-order valence-electron chi connectivity index (χ4n) is 3.16. The summed E-state index contributed by atoms with van der Waals surface area (Å²) in [5, 5.41) is 7.20. The second-order valence-electron chi connectivity index (χ2n) is 6.64. The zero-order chi connectivity index (χ0) is 20.3. The zero-order valence-electron chi connectivity index (χ0n) is 15.6. The molecule has 2 aromatic rings. The molecule has 0 radical (unpaired) electrons. The molecule has 1 aliphatic heterocycles. The molecular weight excluding hydrogens is 406 g/mol. The fourth-order valence-corrected chi connectivity index (χ4v) is 5.05. The summed E-state index contributed by atoms with van der Waals surface area (Å²) in [5.74, 6) is 0.592. The van der Waals surface area contributed by atoms with Crippen LogP contribution in [0.4, 0.5) is 0 Å². The topological polar surface area (TPSA) is 102 Å². The minimum Gasteiger partial charge on any atom is -0.484 e. The zero-order valence-corrected chi connectivity index (χ0v) is 17.2. The first-order valence-electron chi connectivity index (χ1n) is 8.88. The number of carbonyl (C=O) groups excluding carboxylic acids is 1. The lowest BCUT2D eigenvalue weighted by molar-refractivity contribution is -0.124. The smallest absolute Gasteiger partial charge is 0.258 e. The second-order valence-corrected chi connectivity index (χ2v) is 8.95. The molecule has 2 heterocycles. The Kier molecular flexibility index (Phi) is 6.26. The minimum absolute atomic E-state index is 0.0996. The van der Waals surface area contributed by atoms with Crippen LogP contribution in [0, 0.1) is 13.8 Å². The average molecular weight is 428 g/mol. The lowest BCUT2D eigenvalue weighted by atomic mass is 10.1. The molecular formula is C18H22ClN3O5S. The maximum atomic E-state index is 12.8. The van der Waals surface area contributed by atoms with Crippen LogP contribution >= 0.6 is 11.6 Å². The number of carbonyl (C=O) groups is 1. The Morgan fingerprint density at radius 2 is 1.93 bits per heavy atom. The number of ether oxygens (including phenoxy) is 1. The highest BCUT2D eigenvalue weighted by atomic mass is 35.5. The van der Waals surface area contributed by atoms with Gasteiger partial charge in [0.05, 0.1) is 0 Å². The molecule has 1 amide bonds. The van der Waals surface area contributed by atoms with E-state index in [1.54, 1.807) is 38.1 Å². The number of amides is 1. The van der Waals surface area contributed by atoms with Gasteiger partial charge >= 0.3 is 0 Å². The van der Waals surface area contributed by atoms with Crippen LogP contribution in [0.5, 0.6) is 5.75 Å². The summed E-state index contributed by atoms with van der Waals surface area (Å²) in [5.41, 5.74) is 0.354. The Labute approximate surface area is 168 Å². The van der Waals surface area contributed by atoms with Crippen LogP contribution in [0.2, 0.25) is 5.02 Å². The highest BCUT2D eigenvalue weighted by molar-refractivity contribution is 7.89. The molecule has 1 aromatic carbocycles. The molecule has 10 heteroatoms. The van der Waals surface area contributed by atoms with Gasteiger partial charge in [0.1, 0.15) is 16.3 Å². The van der Waals surface area contributed by atoms with Gasteiger partial charge in [0.2, 0.25) is 10.0 Å². The molecule has 0 saturated carbocycles. The summed E-state index contributed by atoms with van der Waals surface area (Å²) in [4.78, 5) is 12.2. The monoisotopic (exact) mass is 427 g/mol. The summed E-state index contributed by atoms with van der Waals surface area (Å²) in [6.07, 6.45) is 1.05. The first-order chi connectivity index (χ1) is 13.3. The molecule has 1 fully saturated rings. The molecule has 0 aliphatic carbocycles. The van der Waals surface area contributed by atoms with Crippen molar-refractivity contribution in [1.29, 1.82) is 0 Å². The predicted molar refractivity (Wildman–Crippen MR) is 103 cm³/mol. The van der Waals surface area contributed by atoms with E-state index in [-0.39, 0.29) is 29.2 Å².